The molecule has 2 rings (SSSR count). The molecule has 0 N–H and O–H groups in total. The zero-order valence-corrected chi connectivity index (χ0v) is 12.8. The number of fused-ring (bicyclic) bond motifs is 1. The van der Waals surface area contributed by atoms with Crippen LogP contribution < -0.4 is 0 Å². The van der Waals surface area contributed by atoms with Gasteiger partial charge in [-0.25, -0.2) is 0 Å². The molecule has 1 heteroatoms. The van der Waals surface area contributed by atoms with E-state index >= 15 is 0 Å². The van der Waals surface area contributed by atoms with E-state index in [1.807, 2.05) is 6.08 Å². The summed E-state index contributed by atoms with van der Waals surface area (Å²) in [7, 11) is 0. The average Bonchev–Trinajstić information content (AvgIpc) is 2.16. The zero-order valence-electron chi connectivity index (χ0n) is 11.2. The topological polar surface area (TPSA) is 0 Å². The van der Waals surface area contributed by atoms with Crippen LogP contribution >= 0.6 is 15.9 Å². The van der Waals surface area contributed by atoms with Gasteiger partial charge in [0.15, 0.2) is 0 Å². The minimum absolute atomic E-state index is 0.249. The van der Waals surface area contributed by atoms with Crippen LogP contribution in [0.1, 0.15) is 50.8 Å². The van der Waals surface area contributed by atoms with Crippen LogP contribution in [-0.4, -0.2) is 0 Å². The van der Waals surface area contributed by atoms with Gasteiger partial charge < -0.3 is 0 Å². The van der Waals surface area contributed by atoms with Crippen LogP contribution in [-0.2, 0) is 11.8 Å². The monoisotopic (exact) mass is 292 g/mol. The highest BCUT2D eigenvalue weighted by Crippen LogP contribution is 2.47. The fourth-order valence-electron chi connectivity index (χ4n) is 3.47. The second kappa shape index (κ2) is 3.98. The first-order valence-electron chi connectivity index (χ1n) is 6.20. The first kappa shape index (κ1) is 12.9. The molecule has 0 saturated heterocycles. The van der Waals surface area contributed by atoms with Crippen LogP contribution in [0.15, 0.2) is 23.2 Å². The standard InChI is InChI=1S/C16H21Br/c1-6-11-7-12(17)8-14-13(11)9-15(2,3)10-16(14,4)5/h6-8H,1,9-10H2,2-5H3. The molecule has 1 aromatic rings. The van der Waals surface area contributed by atoms with Crippen molar-refractivity contribution in [1.82, 2.24) is 0 Å². The fourth-order valence-corrected chi connectivity index (χ4v) is 3.95. The maximum atomic E-state index is 3.95. The zero-order chi connectivity index (χ0) is 12.8. The molecule has 0 bridgehead atoms. The lowest BCUT2D eigenvalue weighted by atomic mass is 9.62. The van der Waals surface area contributed by atoms with Gasteiger partial charge in [-0.05, 0) is 52.5 Å². The predicted molar refractivity (Wildman–Crippen MR) is 79.4 cm³/mol. The Morgan fingerprint density at radius 1 is 1.24 bits per heavy atom. The number of hydrogen-bond acceptors (Lipinski definition) is 0. The number of hydrogen-bond donors (Lipinski definition) is 0. The van der Waals surface area contributed by atoms with Gasteiger partial charge in [0.1, 0.15) is 0 Å². The highest BCUT2D eigenvalue weighted by molar-refractivity contribution is 9.10. The summed E-state index contributed by atoms with van der Waals surface area (Å²) in [6, 6.07) is 4.47. The Morgan fingerprint density at radius 2 is 1.88 bits per heavy atom. The van der Waals surface area contributed by atoms with Crippen molar-refractivity contribution in [1.29, 1.82) is 0 Å². The van der Waals surface area contributed by atoms with E-state index in [0.29, 0.717) is 5.41 Å². The Labute approximate surface area is 113 Å². The largest absolute Gasteiger partial charge is 0.0985 e. The van der Waals surface area contributed by atoms with Gasteiger partial charge in [-0.1, -0.05) is 56.3 Å². The van der Waals surface area contributed by atoms with Crippen molar-refractivity contribution in [3.8, 4) is 0 Å². The van der Waals surface area contributed by atoms with Crippen LogP contribution in [0.2, 0.25) is 0 Å². The molecule has 1 aliphatic carbocycles. The predicted octanol–water partition coefficient (Wildman–Crippen LogP) is 5.34. The highest BCUT2D eigenvalue weighted by Gasteiger charge is 2.38. The molecular weight excluding hydrogens is 272 g/mol. The second-order valence-electron chi connectivity index (χ2n) is 6.63. The lowest BCUT2D eigenvalue weighted by molar-refractivity contribution is 0.231. The molecule has 0 nitrogen and oxygen atoms in total. The molecule has 0 unspecified atom stereocenters. The van der Waals surface area contributed by atoms with Crippen molar-refractivity contribution in [2.24, 2.45) is 5.41 Å². The van der Waals surface area contributed by atoms with Gasteiger partial charge in [-0.2, -0.15) is 0 Å². The molecule has 92 valence electrons. The second-order valence-corrected chi connectivity index (χ2v) is 7.54. The highest BCUT2D eigenvalue weighted by atomic mass is 79.9. The molecule has 0 amide bonds. The van der Waals surface area contributed by atoms with Crippen molar-refractivity contribution >= 4 is 22.0 Å². The Kier molecular flexibility index (Phi) is 3.02. The number of benzene rings is 1. The lowest BCUT2D eigenvalue weighted by Gasteiger charge is -2.43. The quantitative estimate of drug-likeness (QED) is 0.655. The summed E-state index contributed by atoms with van der Waals surface area (Å²) in [5.74, 6) is 0. The van der Waals surface area contributed by atoms with Crippen LogP contribution in [0.25, 0.3) is 6.08 Å². The number of rotatable bonds is 1. The average molecular weight is 293 g/mol. The molecule has 1 aromatic carbocycles. The van der Waals surface area contributed by atoms with Crippen molar-refractivity contribution in [3.05, 3.63) is 39.9 Å². The summed E-state index contributed by atoms with van der Waals surface area (Å²) in [5.41, 5.74) is 4.89. The fraction of sp³-hybridized carbons (Fsp3) is 0.500. The number of halogens is 1. The summed E-state index contributed by atoms with van der Waals surface area (Å²) in [6.45, 7) is 13.4. The maximum absolute atomic E-state index is 3.95. The van der Waals surface area contributed by atoms with Gasteiger partial charge in [-0.3, -0.25) is 0 Å². The molecule has 1 aliphatic rings. The molecule has 17 heavy (non-hydrogen) atoms. The third kappa shape index (κ3) is 2.35. The maximum Gasteiger partial charge on any atom is 0.0184 e. The minimum Gasteiger partial charge on any atom is -0.0985 e. The first-order chi connectivity index (χ1) is 7.75. The van der Waals surface area contributed by atoms with E-state index in [1.165, 1.54) is 27.6 Å². The molecule has 0 radical (unpaired) electrons. The van der Waals surface area contributed by atoms with Crippen molar-refractivity contribution < 1.29 is 0 Å². The summed E-state index contributed by atoms with van der Waals surface area (Å²) in [5, 5.41) is 0. The van der Waals surface area contributed by atoms with E-state index in [4.69, 9.17) is 0 Å². The Bertz CT molecular complexity index is 467. The molecule has 0 atom stereocenters. The van der Waals surface area contributed by atoms with Crippen LogP contribution in [0.5, 0.6) is 0 Å². The van der Waals surface area contributed by atoms with Crippen molar-refractivity contribution in [2.45, 2.75) is 46.0 Å². The Balaban J connectivity index is 2.69. The van der Waals surface area contributed by atoms with Gasteiger partial charge in [0.05, 0.1) is 0 Å². The van der Waals surface area contributed by atoms with Gasteiger partial charge in [0, 0.05) is 4.47 Å². The van der Waals surface area contributed by atoms with Crippen molar-refractivity contribution in [2.75, 3.05) is 0 Å². The normalized spacial score (nSPS) is 20.8. The SMILES string of the molecule is C=Cc1cc(Br)cc2c1CC(C)(C)CC2(C)C. The van der Waals surface area contributed by atoms with Gasteiger partial charge >= 0.3 is 0 Å². The summed E-state index contributed by atoms with van der Waals surface area (Å²) in [4.78, 5) is 0. The third-order valence-corrected chi connectivity index (χ3v) is 4.23. The van der Waals surface area contributed by atoms with E-state index in [2.05, 4.69) is 62.3 Å². The molecule has 0 spiro atoms. The summed E-state index contributed by atoms with van der Waals surface area (Å²) in [6.07, 6.45) is 4.38. The van der Waals surface area contributed by atoms with E-state index < -0.39 is 0 Å². The lowest BCUT2D eigenvalue weighted by Crippen LogP contribution is -2.35. The van der Waals surface area contributed by atoms with Gasteiger partial charge in [-0.15, -0.1) is 0 Å². The summed E-state index contributed by atoms with van der Waals surface area (Å²) < 4.78 is 1.17. The molecule has 0 heterocycles. The smallest absolute Gasteiger partial charge is 0.0184 e. The third-order valence-electron chi connectivity index (χ3n) is 3.77. The molecule has 0 aliphatic heterocycles. The van der Waals surface area contributed by atoms with E-state index in [0.717, 1.165) is 6.42 Å². The first-order valence-corrected chi connectivity index (χ1v) is 7.00. The van der Waals surface area contributed by atoms with E-state index in [9.17, 15) is 0 Å². The van der Waals surface area contributed by atoms with Gasteiger partial charge in [0.25, 0.3) is 0 Å². The Morgan fingerprint density at radius 3 is 2.47 bits per heavy atom. The van der Waals surface area contributed by atoms with Crippen LogP contribution in [0.4, 0.5) is 0 Å². The van der Waals surface area contributed by atoms with Crippen molar-refractivity contribution in [3.63, 3.8) is 0 Å². The summed E-state index contributed by atoms with van der Waals surface area (Å²) >= 11 is 3.61. The molecule has 0 fully saturated rings. The van der Waals surface area contributed by atoms with E-state index in [1.54, 1.807) is 0 Å². The minimum atomic E-state index is 0.249. The molecular formula is C16H21Br. The van der Waals surface area contributed by atoms with Crippen LogP contribution in [0, 0.1) is 5.41 Å². The van der Waals surface area contributed by atoms with Crippen LogP contribution in [0.3, 0.4) is 0 Å². The van der Waals surface area contributed by atoms with Gasteiger partial charge in [0.2, 0.25) is 0 Å². The molecule has 0 aromatic heterocycles. The Hall–Kier alpha value is -0.560. The molecule has 0 saturated carbocycles. The van der Waals surface area contributed by atoms with E-state index in [-0.39, 0.29) is 5.41 Å².